The lowest BCUT2D eigenvalue weighted by atomic mass is 9.62. The Labute approximate surface area is 608 Å². The summed E-state index contributed by atoms with van der Waals surface area (Å²) in [6.07, 6.45) is 29.8. The van der Waals surface area contributed by atoms with Crippen molar-refractivity contribution in [2.45, 2.75) is 250 Å². The Bertz CT molecular complexity index is 5220. The fourth-order valence-corrected chi connectivity index (χ4v) is 21.2. The van der Waals surface area contributed by atoms with Crippen molar-refractivity contribution in [3.63, 3.8) is 0 Å². The maximum absolute atomic E-state index is 7.62. The van der Waals surface area contributed by atoms with Crippen LogP contribution in [0.2, 0.25) is 0 Å². The van der Waals surface area contributed by atoms with Crippen molar-refractivity contribution in [3.8, 4) is 55.6 Å². The molecule has 3 nitrogen and oxygen atoms in total. The van der Waals surface area contributed by atoms with Crippen molar-refractivity contribution >= 4 is 60.9 Å². The number of nitrogens with zero attached hydrogens (tertiary/aromatic N) is 1. The number of rotatable bonds is 27. The van der Waals surface area contributed by atoms with E-state index in [9.17, 15) is 0 Å². The van der Waals surface area contributed by atoms with Crippen molar-refractivity contribution in [3.05, 3.63) is 232 Å². The van der Waals surface area contributed by atoms with Gasteiger partial charge in [-0.25, -0.2) is 0 Å². The molecular weight excluding hydrogens is 1240 g/mol. The van der Waals surface area contributed by atoms with E-state index in [0.717, 1.165) is 35.2 Å². The first-order chi connectivity index (χ1) is 49.7. The van der Waals surface area contributed by atoms with Gasteiger partial charge in [0.1, 0.15) is 22.3 Å². The highest BCUT2D eigenvalue weighted by Crippen LogP contribution is 2.68. The van der Waals surface area contributed by atoms with Gasteiger partial charge in [0.25, 0.3) is 0 Å². The maximum atomic E-state index is 7.62. The molecule has 0 spiro atoms. The Hall–Kier alpha value is -8.40. The molecular formula is C99H107NO2. The van der Waals surface area contributed by atoms with E-state index in [1.54, 1.807) is 22.3 Å². The van der Waals surface area contributed by atoms with Gasteiger partial charge < -0.3 is 13.7 Å². The van der Waals surface area contributed by atoms with E-state index in [0.29, 0.717) is 0 Å². The summed E-state index contributed by atoms with van der Waals surface area (Å²) in [7, 11) is 0. The number of para-hydroxylation sites is 2. The summed E-state index contributed by atoms with van der Waals surface area (Å²) in [6, 6.07) is 69.6. The highest BCUT2D eigenvalue weighted by Gasteiger charge is 2.55. The average molecular weight is 1340 g/mol. The van der Waals surface area contributed by atoms with Crippen molar-refractivity contribution < 1.29 is 8.83 Å². The topological polar surface area (TPSA) is 29.5 Å². The summed E-state index contributed by atoms with van der Waals surface area (Å²) in [6.45, 7) is 24.3. The first-order valence-corrected chi connectivity index (χ1v) is 40.3. The molecule has 0 saturated carbocycles. The van der Waals surface area contributed by atoms with Crippen molar-refractivity contribution in [1.29, 1.82) is 0 Å². The minimum atomic E-state index is -0.304. The molecule has 5 aliphatic carbocycles. The fourth-order valence-electron chi connectivity index (χ4n) is 21.2. The molecule has 102 heavy (non-hydrogen) atoms. The molecule has 2 heterocycles. The van der Waals surface area contributed by atoms with Crippen LogP contribution in [0.15, 0.2) is 185 Å². The average Bonchev–Trinajstić information content (AvgIpc) is 1.50. The van der Waals surface area contributed by atoms with E-state index in [-0.39, 0.29) is 27.1 Å². The zero-order valence-corrected chi connectivity index (χ0v) is 63.0. The second kappa shape index (κ2) is 26.1. The molecule has 0 unspecified atom stereocenters. The maximum Gasteiger partial charge on any atom is 0.144 e. The van der Waals surface area contributed by atoms with Crippen LogP contribution in [0.4, 0.5) is 17.1 Å². The Morgan fingerprint density at radius 2 is 0.676 bits per heavy atom. The second-order valence-electron chi connectivity index (χ2n) is 33.5. The molecule has 10 aromatic carbocycles. The third-order valence-corrected chi connectivity index (χ3v) is 26.4. The number of benzene rings is 10. The van der Waals surface area contributed by atoms with E-state index < -0.39 is 0 Å². The summed E-state index contributed by atoms with van der Waals surface area (Å²) in [5.74, 6) is 0. The number of anilines is 3. The van der Waals surface area contributed by atoms with E-state index in [1.807, 2.05) is 0 Å². The van der Waals surface area contributed by atoms with Gasteiger partial charge >= 0.3 is 0 Å². The van der Waals surface area contributed by atoms with Crippen LogP contribution in [0.3, 0.4) is 0 Å². The monoisotopic (exact) mass is 1340 g/mol. The third kappa shape index (κ3) is 10.2. The van der Waals surface area contributed by atoms with Crippen molar-refractivity contribution in [1.82, 2.24) is 0 Å². The van der Waals surface area contributed by atoms with Crippen LogP contribution in [0, 0.1) is 0 Å². The standard InChI is InChI=1S/C99H107NO2/c1-11-15-19-23-35-55-98(56-36-24-20-16-12-2)77-44-32-28-40-70(77)91-93(98)92-89(90-73-42-30-34-46-85(73)102-94(90)91)71-52-49-66(61-83(71)99(92,57-37-25-21-17-13-3)58-38-26-22-18-14-4)100(64-47-50-68-67-39-27-31-43-76(67)95(5,6)79(68)59-64)65-48-51-69-74-62-82-75(63-81(74)97(9,10)80(69)60-65)87-78(96(82,7)8)53-54-86-88(87)72-41-29-33-45-84(72)101-86/h27-34,39-54,59-63H,11-26,35-38,55-58H2,1-10H3. The highest BCUT2D eigenvalue weighted by atomic mass is 16.3. The normalized spacial score (nSPS) is 15.9. The number of unbranched alkanes of at least 4 members (excludes halogenated alkanes) is 16. The predicted molar refractivity (Wildman–Crippen MR) is 434 cm³/mol. The van der Waals surface area contributed by atoms with Crippen molar-refractivity contribution in [2.24, 2.45) is 0 Å². The van der Waals surface area contributed by atoms with Crippen LogP contribution < -0.4 is 4.90 Å². The third-order valence-electron chi connectivity index (χ3n) is 26.4. The molecule has 0 amide bonds. The van der Waals surface area contributed by atoms with Crippen LogP contribution in [0.5, 0.6) is 0 Å². The lowest BCUT2D eigenvalue weighted by molar-refractivity contribution is 0.369. The molecule has 2 aromatic heterocycles. The van der Waals surface area contributed by atoms with Gasteiger partial charge in [0.15, 0.2) is 0 Å². The van der Waals surface area contributed by atoms with E-state index in [2.05, 4.69) is 250 Å². The van der Waals surface area contributed by atoms with Crippen LogP contribution >= 0.6 is 0 Å². The molecule has 3 heteroatoms. The summed E-state index contributed by atoms with van der Waals surface area (Å²) in [4.78, 5) is 2.70. The largest absolute Gasteiger partial charge is 0.456 e. The van der Waals surface area contributed by atoms with Crippen LogP contribution in [0.1, 0.15) is 279 Å². The number of hydrogen-bond acceptors (Lipinski definition) is 3. The van der Waals surface area contributed by atoms with Gasteiger partial charge in [-0.1, -0.05) is 307 Å². The molecule has 0 saturated heterocycles. The molecule has 520 valence electrons. The smallest absolute Gasteiger partial charge is 0.144 e. The molecule has 0 fully saturated rings. The molecule has 0 N–H and O–H groups in total. The van der Waals surface area contributed by atoms with Gasteiger partial charge in [-0.2, -0.15) is 0 Å². The Kier molecular flexibility index (Phi) is 17.1. The molecule has 0 bridgehead atoms. The number of hydrogen-bond donors (Lipinski definition) is 0. The van der Waals surface area contributed by atoms with Crippen molar-refractivity contribution in [2.75, 3.05) is 4.90 Å². The van der Waals surface area contributed by atoms with Gasteiger partial charge in [0.05, 0.1) is 0 Å². The zero-order chi connectivity index (χ0) is 69.9. The predicted octanol–water partition coefficient (Wildman–Crippen LogP) is 29.8. The van der Waals surface area contributed by atoms with Crippen LogP contribution in [-0.2, 0) is 27.1 Å². The lowest BCUT2D eigenvalue weighted by Gasteiger charge is -2.40. The minimum Gasteiger partial charge on any atom is -0.456 e. The Morgan fingerprint density at radius 1 is 0.275 bits per heavy atom. The molecule has 0 radical (unpaired) electrons. The number of furan rings is 2. The van der Waals surface area contributed by atoms with Gasteiger partial charge in [0, 0.05) is 71.2 Å². The fraction of sp³-hybridized carbons (Fsp3) is 0.394. The number of fused-ring (bicyclic) bond motifs is 25. The zero-order valence-electron chi connectivity index (χ0n) is 63.0. The first kappa shape index (κ1) is 66.8. The Balaban J connectivity index is 0.905. The second-order valence-corrected chi connectivity index (χ2v) is 33.5. The van der Waals surface area contributed by atoms with Gasteiger partial charge in [-0.05, 0) is 198 Å². The first-order valence-electron chi connectivity index (χ1n) is 40.3. The van der Waals surface area contributed by atoms with Crippen LogP contribution in [0.25, 0.3) is 99.5 Å². The van der Waals surface area contributed by atoms with Gasteiger partial charge in [-0.15, -0.1) is 0 Å². The highest BCUT2D eigenvalue weighted by molar-refractivity contribution is 6.21. The molecule has 12 aromatic rings. The summed E-state index contributed by atoms with van der Waals surface area (Å²) < 4.78 is 14.2. The van der Waals surface area contributed by atoms with Crippen LogP contribution in [-0.4, -0.2) is 0 Å². The summed E-state index contributed by atoms with van der Waals surface area (Å²) in [5, 5.41) is 5.02. The van der Waals surface area contributed by atoms with E-state index in [1.165, 1.54) is 269 Å². The quantitative estimate of drug-likeness (QED) is 0.0481. The minimum absolute atomic E-state index is 0.156. The van der Waals surface area contributed by atoms with E-state index >= 15 is 0 Å². The molecule has 0 atom stereocenters. The summed E-state index contributed by atoms with van der Waals surface area (Å²) >= 11 is 0. The summed E-state index contributed by atoms with van der Waals surface area (Å²) in [5.41, 5.74) is 35.2. The molecule has 17 rings (SSSR count). The SMILES string of the molecule is CCCCCCCC1(CCCCCCC)c2ccccc2-c2c1c1c(c3c2oc2ccccc23)-c2ccc(N(c3ccc4c(c3)C(C)(C)c3ccccc3-4)c3ccc4c(c3)C(C)(C)c3cc5c(cc3-4)C(C)(C)c3ccc4oc6ccccc6c4c3-5)cc2C1(CCCCCCC)CCCCCCC. The molecule has 5 aliphatic rings. The van der Waals surface area contributed by atoms with Gasteiger partial charge in [0.2, 0.25) is 0 Å². The van der Waals surface area contributed by atoms with E-state index in [4.69, 9.17) is 8.83 Å². The Morgan fingerprint density at radius 3 is 1.26 bits per heavy atom. The molecule has 0 aliphatic heterocycles. The lowest BCUT2D eigenvalue weighted by Crippen LogP contribution is -2.33. The van der Waals surface area contributed by atoms with Gasteiger partial charge in [-0.3, -0.25) is 0 Å².